The lowest BCUT2D eigenvalue weighted by atomic mass is 10.0. The van der Waals surface area contributed by atoms with Gasteiger partial charge in [0.15, 0.2) is 0 Å². The molecular formula is C26H23FN2O4. The molecule has 3 aromatic carbocycles. The van der Waals surface area contributed by atoms with Gasteiger partial charge in [0.1, 0.15) is 23.0 Å². The Labute approximate surface area is 191 Å². The van der Waals surface area contributed by atoms with E-state index in [0.29, 0.717) is 22.7 Å². The van der Waals surface area contributed by atoms with E-state index in [2.05, 4.69) is 5.32 Å². The van der Waals surface area contributed by atoms with Crippen molar-refractivity contribution in [1.82, 2.24) is 0 Å². The van der Waals surface area contributed by atoms with Gasteiger partial charge in [0, 0.05) is 11.8 Å². The summed E-state index contributed by atoms with van der Waals surface area (Å²) in [6.45, 7) is 3.83. The van der Waals surface area contributed by atoms with Gasteiger partial charge in [-0.3, -0.25) is 9.59 Å². The largest absolute Gasteiger partial charge is 0.497 e. The van der Waals surface area contributed by atoms with Crippen LogP contribution in [0.2, 0.25) is 0 Å². The molecule has 0 radical (unpaired) electrons. The Balaban J connectivity index is 1.79. The number of nitrogens with one attached hydrogen (secondary N) is 1. The molecule has 0 aromatic heterocycles. The third-order valence-corrected chi connectivity index (χ3v) is 5.03. The van der Waals surface area contributed by atoms with Crippen LogP contribution in [0.4, 0.5) is 15.8 Å². The fraction of sp³-hybridized carbons (Fsp3) is 0.154. The van der Waals surface area contributed by atoms with Crippen molar-refractivity contribution in [3.05, 3.63) is 89.9 Å². The van der Waals surface area contributed by atoms with Crippen molar-refractivity contribution in [1.29, 1.82) is 0 Å². The van der Waals surface area contributed by atoms with Gasteiger partial charge in [0.2, 0.25) is 0 Å². The Morgan fingerprint density at radius 2 is 1.61 bits per heavy atom. The second-order valence-electron chi connectivity index (χ2n) is 7.70. The molecule has 1 N–H and O–H groups in total. The summed E-state index contributed by atoms with van der Waals surface area (Å²) in [6, 6.07) is 19.5. The maximum Gasteiger partial charge on any atom is 0.282 e. The number of carbonyl (C=O) groups excluding carboxylic acids is 2. The zero-order chi connectivity index (χ0) is 23.5. The molecule has 4 rings (SSSR count). The highest BCUT2D eigenvalue weighted by Crippen LogP contribution is 2.35. The Bertz CT molecular complexity index is 1240. The van der Waals surface area contributed by atoms with Crippen LogP contribution in [0.5, 0.6) is 11.5 Å². The quantitative estimate of drug-likeness (QED) is 0.517. The molecule has 1 heterocycles. The van der Waals surface area contributed by atoms with Gasteiger partial charge < -0.3 is 14.8 Å². The molecule has 2 amide bonds. The van der Waals surface area contributed by atoms with Crippen molar-refractivity contribution in [2.75, 3.05) is 17.3 Å². The van der Waals surface area contributed by atoms with E-state index >= 15 is 0 Å². The number of ether oxygens (including phenoxy) is 2. The molecule has 0 saturated heterocycles. The second-order valence-corrected chi connectivity index (χ2v) is 7.70. The number of methoxy groups -OCH3 is 1. The molecule has 168 valence electrons. The van der Waals surface area contributed by atoms with Crippen LogP contribution >= 0.6 is 0 Å². The van der Waals surface area contributed by atoms with Crippen LogP contribution in [0.15, 0.2) is 78.5 Å². The molecule has 0 spiro atoms. The first kappa shape index (κ1) is 22.1. The summed E-state index contributed by atoms with van der Waals surface area (Å²) in [4.78, 5) is 27.7. The van der Waals surface area contributed by atoms with Gasteiger partial charge in [-0.1, -0.05) is 30.3 Å². The van der Waals surface area contributed by atoms with Crippen LogP contribution in [0.25, 0.3) is 5.57 Å². The monoisotopic (exact) mass is 446 g/mol. The van der Waals surface area contributed by atoms with Crippen molar-refractivity contribution in [3.63, 3.8) is 0 Å². The zero-order valence-corrected chi connectivity index (χ0v) is 18.5. The molecule has 33 heavy (non-hydrogen) atoms. The molecule has 0 saturated carbocycles. The van der Waals surface area contributed by atoms with Gasteiger partial charge in [0.05, 0.1) is 24.5 Å². The Kier molecular flexibility index (Phi) is 6.13. The van der Waals surface area contributed by atoms with Crippen molar-refractivity contribution in [2.24, 2.45) is 0 Å². The number of rotatable bonds is 7. The van der Waals surface area contributed by atoms with Crippen LogP contribution in [0.3, 0.4) is 0 Å². The van der Waals surface area contributed by atoms with Gasteiger partial charge in [-0.25, -0.2) is 9.29 Å². The highest BCUT2D eigenvalue weighted by Gasteiger charge is 2.41. The number of hydrogen-bond donors (Lipinski definition) is 1. The van der Waals surface area contributed by atoms with Crippen LogP contribution in [-0.4, -0.2) is 25.0 Å². The molecule has 3 aromatic rings. The van der Waals surface area contributed by atoms with E-state index in [1.807, 2.05) is 13.8 Å². The van der Waals surface area contributed by atoms with Gasteiger partial charge in [-0.2, -0.15) is 0 Å². The molecule has 0 aliphatic carbocycles. The standard InChI is InChI=1S/C26H23FN2O4/c1-16(2)33-19-13-11-17(12-14-19)23-24(28-18-7-6-8-20(15-18)32-3)26(31)29(25(23)30)22-10-5-4-9-21(22)27/h4-16,28H,1-3H3. The highest BCUT2D eigenvalue weighted by atomic mass is 19.1. The number of carbonyl (C=O) groups is 2. The van der Waals surface area contributed by atoms with Crippen molar-refractivity contribution < 1.29 is 23.5 Å². The molecule has 1 aliphatic rings. The molecule has 1 aliphatic heterocycles. The number of amides is 2. The Hall–Kier alpha value is -4.13. The number of anilines is 2. The first-order valence-corrected chi connectivity index (χ1v) is 10.4. The van der Waals surface area contributed by atoms with Gasteiger partial charge >= 0.3 is 0 Å². The molecule has 0 unspecified atom stereocenters. The Morgan fingerprint density at radius 1 is 0.879 bits per heavy atom. The second kappa shape index (κ2) is 9.16. The lowest BCUT2D eigenvalue weighted by molar-refractivity contribution is -0.120. The number of halogens is 1. The Morgan fingerprint density at radius 3 is 2.27 bits per heavy atom. The number of para-hydroxylation sites is 1. The van der Waals surface area contributed by atoms with Crippen LogP contribution in [0, 0.1) is 5.82 Å². The summed E-state index contributed by atoms with van der Waals surface area (Å²) in [6.07, 6.45) is -0.00779. The van der Waals surface area contributed by atoms with E-state index in [9.17, 15) is 14.0 Å². The smallest absolute Gasteiger partial charge is 0.282 e. The fourth-order valence-electron chi connectivity index (χ4n) is 3.58. The maximum atomic E-state index is 14.5. The third-order valence-electron chi connectivity index (χ3n) is 5.03. The highest BCUT2D eigenvalue weighted by molar-refractivity contribution is 6.46. The van der Waals surface area contributed by atoms with E-state index in [1.165, 1.54) is 25.3 Å². The summed E-state index contributed by atoms with van der Waals surface area (Å²) >= 11 is 0. The third kappa shape index (κ3) is 4.43. The topological polar surface area (TPSA) is 67.9 Å². The number of hydrogen-bond acceptors (Lipinski definition) is 5. The molecular weight excluding hydrogens is 423 g/mol. The van der Waals surface area contributed by atoms with Crippen molar-refractivity contribution in [3.8, 4) is 11.5 Å². The number of nitrogens with zero attached hydrogens (tertiary/aromatic N) is 1. The van der Waals surface area contributed by atoms with E-state index in [0.717, 1.165) is 4.90 Å². The van der Waals surface area contributed by atoms with E-state index in [-0.39, 0.29) is 23.1 Å². The zero-order valence-electron chi connectivity index (χ0n) is 18.5. The summed E-state index contributed by atoms with van der Waals surface area (Å²) in [5, 5.41) is 3.04. The van der Waals surface area contributed by atoms with Crippen LogP contribution in [0.1, 0.15) is 19.4 Å². The van der Waals surface area contributed by atoms with Gasteiger partial charge in [-0.05, 0) is 55.8 Å². The SMILES string of the molecule is COc1cccc(NC2=C(c3ccc(OC(C)C)cc3)C(=O)N(c3ccccc3F)C2=O)c1. The predicted molar refractivity (Wildman–Crippen MR) is 125 cm³/mol. The van der Waals surface area contributed by atoms with Crippen LogP contribution in [-0.2, 0) is 9.59 Å². The minimum atomic E-state index is -0.665. The van der Waals surface area contributed by atoms with E-state index in [4.69, 9.17) is 9.47 Å². The molecule has 0 fully saturated rings. The summed E-state index contributed by atoms with van der Waals surface area (Å²) in [5.41, 5.74) is 1.15. The lowest BCUT2D eigenvalue weighted by Crippen LogP contribution is -2.33. The normalized spacial score (nSPS) is 13.7. The number of imide groups is 1. The average Bonchev–Trinajstić information content (AvgIpc) is 3.04. The van der Waals surface area contributed by atoms with Gasteiger partial charge in [0.25, 0.3) is 11.8 Å². The summed E-state index contributed by atoms with van der Waals surface area (Å²) in [5.74, 6) is -0.709. The number of benzene rings is 3. The average molecular weight is 446 g/mol. The lowest BCUT2D eigenvalue weighted by Gasteiger charge is -2.16. The molecule has 7 heteroatoms. The fourth-order valence-corrected chi connectivity index (χ4v) is 3.58. The van der Waals surface area contributed by atoms with Crippen molar-refractivity contribution >= 4 is 28.8 Å². The predicted octanol–water partition coefficient (Wildman–Crippen LogP) is 5.02. The van der Waals surface area contributed by atoms with Crippen molar-refractivity contribution in [2.45, 2.75) is 20.0 Å². The van der Waals surface area contributed by atoms with E-state index < -0.39 is 17.6 Å². The van der Waals surface area contributed by atoms with Gasteiger partial charge in [-0.15, -0.1) is 0 Å². The molecule has 0 atom stereocenters. The minimum absolute atomic E-state index is 0.00779. The molecule has 0 bridgehead atoms. The summed E-state index contributed by atoms with van der Waals surface area (Å²) < 4.78 is 25.5. The maximum absolute atomic E-state index is 14.5. The summed E-state index contributed by atoms with van der Waals surface area (Å²) in [7, 11) is 1.54. The van der Waals surface area contributed by atoms with Crippen LogP contribution < -0.4 is 19.7 Å². The first-order chi connectivity index (χ1) is 15.9. The first-order valence-electron chi connectivity index (χ1n) is 10.4. The molecule has 6 nitrogen and oxygen atoms in total. The minimum Gasteiger partial charge on any atom is -0.497 e. The van der Waals surface area contributed by atoms with E-state index in [1.54, 1.807) is 54.6 Å².